The van der Waals surface area contributed by atoms with Gasteiger partial charge in [0.05, 0.1) is 17.0 Å². The number of carbonyl (C=O) groups excluding carboxylic acids is 2. The monoisotopic (exact) mass is 338 g/mol. The average molecular weight is 339 g/mol. The predicted molar refractivity (Wildman–Crippen MR) is 96.3 cm³/mol. The first kappa shape index (κ1) is 16.0. The normalized spacial score (nSPS) is 10.5. The minimum absolute atomic E-state index is 0.158. The Balaban J connectivity index is 1.78. The van der Waals surface area contributed by atoms with E-state index in [1.807, 2.05) is 42.5 Å². The van der Waals surface area contributed by atoms with Gasteiger partial charge in [0, 0.05) is 5.69 Å². The molecule has 0 aliphatic carbocycles. The van der Waals surface area contributed by atoms with Gasteiger partial charge in [-0.25, -0.2) is 0 Å². The van der Waals surface area contributed by atoms with E-state index in [0.29, 0.717) is 5.69 Å². The van der Waals surface area contributed by atoms with Gasteiger partial charge in [-0.3, -0.25) is 9.59 Å². The zero-order valence-corrected chi connectivity index (χ0v) is 13.5. The van der Waals surface area contributed by atoms with Gasteiger partial charge in [0.2, 0.25) is 11.8 Å². The van der Waals surface area contributed by atoms with E-state index >= 15 is 0 Å². The number of hydrogen-bond acceptors (Lipinski definition) is 2. The van der Waals surface area contributed by atoms with Crippen LogP contribution in [0.4, 0.5) is 5.69 Å². The topological polar surface area (TPSA) is 72.2 Å². The lowest BCUT2D eigenvalue weighted by atomic mass is 10.0. The number of nitrogens with one attached hydrogen (secondary N) is 1. The van der Waals surface area contributed by atoms with Crippen molar-refractivity contribution in [1.82, 2.24) is 0 Å². The molecule has 0 spiro atoms. The lowest BCUT2D eigenvalue weighted by Crippen LogP contribution is -2.15. The zero-order chi connectivity index (χ0) is 17.1. The summed E-state index contributed by atoms with van der Waals surface area (Å²) in [6, 6.07) is 18.4. The number of halogens is 1. The number of fused-ring (bicyclic) bond motifs is 1. The molecular weight excluding hydrogens is 324 g/mol. The number of rotatable bonds is 4. The Morgan fingerprint density at radius 2 is 1.75 bits per heavy atom. The van der Waals surface area contributed by atoms with Gasteiger partial charge in [-0.15, -0.1) is 0 Å². The molecule has 3 aromatic carbocycles. The minimum atomic E-state index is -0.603. The van der Waals surface area contributed by atoms with Gasteiger partial charge >= 0.3 is 0 Å². The molecule has 3 aromatic rings. The van der Waals surface area contributed by atoms with E-state index < -0.39 is 5.91 Å². The van der Waals surface area contributed by atoms with Gasteiger partial charge in [-0.05, 0) is 34.5 Å². The predicted octanol–water partition coefficient (Wildman–Crippen LogP) is 3.77. The lowest BCUT2D eigenvalue weighted by Gasteiger charge is -2.09. The van der Waals surface area contributed by atoms with E-state index in [4.69, 9.17) is 17.3 Å². The van der Waals surface area contributed by atoms with E-state index in [-0.39, 0.29) is 22.9 Å². The number of amides is 2. The second-order valence-electron chi connectivity index (χ2n) is 5.42. The van der Waals surface area contributed by atoms with Crippen LogP contribution in [0.2, 0.25) is 5.02 Å². The molecule has 4 nitrogen and oxygen atoms in total. The number of benzene rings is 3. The summed E-state index contributed by atoms with van der Waals surface area (Å²) in [7, 11) is 0. The Bertz CT molecular complexity index is 932. The highest BCUT2D eigenvalue weighted by atomic mass is 35.5. The largest absolute Gasteiger partial charge is 0.366 e. The molecule has 2 amide bonds. The molecule has 0 radical (unpaired) electrons. The molecule has 0 bridgehead atoms. The van der Waals surface area contributed by atoms with Crippen molar-refractivity contribution in [2.75, 3.05) is 5.32 Å². The Kier molecular flexibility index (Phi) is 4.49. The fraction of sp³-hybridized carbons (Fsp3) is 0.0526. The SMILES string of the molecule is NC(=O)c1ccc(NC(=O)Cc2cccc3ccccc23)cc1Cl. The van der Waals surface area contributed by atoms with Crippen LogP contribution < -0.4 is 11.1 Å². The number of anilines is 1. The first-order valence-electron chi connectivity index (χ1n) is 7.40. The van der Waals surface area contributed by atoms with E-state index in [0.717, 1.165) is 16.3 Å². The van der Waals surface area contributed by atoms with Crippen molar-refractivity contribution in [2.45, 2.75) is 6.42 Å². The van der Waals surface area contributed by atoms with Gasteiger partial charge in [0.25, 0.3) is 0 Å². The first-order valence-corrected chi connectivity index (χ1v) is 7.78. The van der Waals surface area contributed by atoms with Crippen molar-refractivity contribution in [2.24, 2.45) is 5.73 Å². The second kappa shape index (κ2) is 6.72. The van der Waals surface area contributed by atoms with Crippen LogP contribution in [-0.2, 0) is 11.2 Å². The highest BCUT2D eigenvalue weighted by Crippen LogP contribution is 2.22. The summed E-state index contributed by atoms with van der Waals surface area (Å²) >= 11 is 5.99. The molecule has 5 heteroatoms. The summed E-state index contributed by atoms with van der Waals surface area (Å²) in [5.74, 6) is -0.761. The molecular formula is C19H15ClN2O2. The molecule has 0 aliphatic heterocycles. The smallest absolute Gasteiger partial charge is 0.250 e. The van der Waals surface area contributed by atoms with Crippen LogP contribution in [0.1, 0.15) is 15.9 Å². The average Bonchev–Trinajstić information content (AvgIpc) is 2.55. The van der Waals surface area contributed by atoms with Gasteiger partial charge < -0.3 is 11.1 Å². The zero-order valence-electron chi connectivity index (χ0n) is 12.8. The van der Waals surface area contributed by atoms with Crippen molar-refractivity contribution in [3.05, 3.63) is 76.8 Å². The fourth-order valence-electron chi connectivity index (χ4n) is 2.62. The molecule has 0 aromatic heterocycles. The third-order valence-corrected chi connectivity index (χ3v) is 4.06. The van der Waals surface area contributed by atoms with E-state index in [1.165, 1.54) is 12.1 Å². The summed E-state index contributed by atoms with van der Waals surface area (Å²) in [6.07, 6.45) is 0.247. The summed E-state index contributed by atoms with van der Waals surface area (Å²) in [6.45, 7) is 0. The first-order chi connectivity index (χ1) is 11.5. The number of nitrogens with two attached hydrogens (primary N) is 1. The number of carbonyl (C=O) groups is 2. The standard InChI is InChI=1S/C19H15ClN2O2/c20-17-11-14(8-9-16(17)19(21)24)22-18(23)10-13-6-3-5-12-4-1-2-7-15(12)13/h1-9,11H,10H2,(H2,21,24)(H,22,23). The van der Waals surface area contributed by atoms with Crippen LogP contribution in [-0.4, -0.2) is 11.8 Å². The van der Waals surface area contributed by atoms with E-state index in [2.05, 4.69) is 5.32 Å². The summed E-state index contributed by atoms with van der Waals surface area (Å²) in [5, 5.41) is 5.15. The van der Waals surface area contributed by atoms with Crippen molar-refractivity contribution in [3.63, 3.8) is 0 Å². The van der Waals surface area contributed by atoms with Crippen LogP contribution in [0.5, 0.6) is 0 Å². The van der Waals surface area contributed by atoms with Crippen LogP contribution in [0, 0.1) is 0 Å². The molecule has 0 saturated carbocycles. The minimum Gasteiger partial charge on any atom is -0.366 e. The summed E-state index contributed by atoms with van der Waals surface area (Å²) in [5.41, 5.74) is 6.91. The second-order valence-corrected chi connectivity index (χ2v) is 5.83. The Hall–Kier alpha value is -2.85. The molecule has 3 rings (SSSR count). The van der Waals surface area contributed by atoms with Crippen LogP contribution in [0.15, 0.2) is 60.7 Å². The Morgan fingerprint density at radius 1 is 1.00 bits per heavy atom. The van der Waals surface area contributed by atoms with Gasteiger partial charge in [-0.1, -0.05) is 54.1 Å². The number of primary amides is 1. The molecule has 3 N–H and O–H groups in total. The highest BCUT2D eigenvalue weighted by molar-refractivity contribution is 6.34. The molecule has 0 heterocycles. The van der Waals surface area contributed by atoms with E-state index in [9.17, 15) is 9.59 Å². The summed E-state index contributed by atoms with van der Waals surface area (Å²) in [4.78, 5) is 23.5. The van der Waals surface area contributed by atoms with Crippen molar-refractivity contribution in [1.29, 1.82) is 0 Å². The summed E-state index contributed by atoms with van der Waals surface area (Å²) < 4.78 is 0. The number of hydrogen-bond donors (Lipinski definition) is 2. The highest BCUT2D eigenvalue weighted by Gasteiger charge is 2.10. The fourth-order valence-corrected chi connectivity index (χ4v) is 2.89. The van der Waals surface area contributed by atoms with E-state index in [1.54, 1.807) is 6.07 Å². The molecule has 0 saturated heterocycles. The third-order valence-electron chi connectivity index (χ3n) is 3.75. The molecule has 0 fully saturated rings. The van der Waals surface area contributed by atoms with Crippen molar-refractivity contribution in [3.8, 4) is 0 Å². The maximum absolute atomic E-state index is 12.3. The molecule has 24 heavy (non-hydrogen) atoms. The Morgan fingerprint density at radius 3 is 2.50 bits per heavy atom. The molecule has 0 unspecified atom stereocenters. The van der Waals surface area contributed by atoms with Crippen LogP contribution >= 0.6 is 11.6 Å². The van der Waals surface area contributed by atoms with Gasteiger partial charge in [0.15, 0.2) is 0 Å². The molecule has 0 aliphatic rings. The van der Waals surface area contributed by atoms with Gasteiger partial charge in [-0.2, -0.15) is 0 Å². The Labute approximate surface area is 144 Å². The molecule has 120 valence electrons. The van der Waals surface area contributed by atoms with Crippen LogP contribution in [0.3, 0.4) is 0 Å². The maximum atomic E-state index is 12.3. The quantitative estimate of drug-likeness (QED) is 0.760. The van der Waals surface area contributed by atoms with Crippen LogP contribution in [0.25, 0.3) is 10.8 Å². The van der Waals surface area contributed by atoms with Crippen molar-refractivity contribution >= 4 is 39.9 Å². The van der Waals surface area contributed by atoms with Crippen molar-refractivity contribution < 1.29 is 9.59 Å². The maximum Gasteiger partial charge on any atom is 0.250 e. The third kappa shape index (κ3) is 3.39. The molecule has 0 atom stereocenters. The lowest BCUT2D eigenvalue weighted by molar-refractivity contribution is -0.115. The van der Waals surface area contributed by atoms with Gasteiger partial charge in [0.1, 0.15) is 0 Å².